The molecule has 1 saturated heterocycles. The molecule has 1 nitrogen and oxygen atoms in total. The third-order valence-corrected chi connectivity index (χ3v) is 2.43. The molecule has 0 spiro atoms. The molecule has 1 fully saturated rings. The minimum atomic E-state index is 1.00. The molecule has 0 atom stereocenters. The maximum absolute atomic E-state index is 5.07. The predicted octanol–water partition coefficient (Wildman–Crippen LogP) is 2.99. The molecular formula is C10H16OS. The minimum absolute atomic E-state index is 1.00. The second-order valence-electron chi connectivity index (χ2n) is 2.76. The molecule has 2 aliphatic heterocycles. The lowest BCUT2D eigenvalue weighted by Crippen LogP contribution is -2.03. The first-order valence-electron chi connectivity index (χ1n) is 4.51. The Balaban J connectivity index is 0.000000120. The zero-order valence-corrected chi connectivity index (χ0v) is 8.19. The summed E-state index contributed by atoms with van der Waals surface area (Å²) in [5.74, 6) is 1.15. The summed E-state index contributed by atoms with van der Waals surface area (Å²) in [6, 6.07) is 0. The zero-order chi connectivity index (χ0) is 8.49. The summed E-state index contributed by atoms with van der Waals surface area (Å²) in [5, 5.41) is 2.10. The zero-order valence-electron chi connectivity index (χ0n) is 7.37. The average Bonchev–Trinajstić information content (AvgIpc) is 2.24. The van der Waals surface area contributed by atoms with Gasteiger partial charge in [-0.2, -0.15) is 0 Å². The first kappa shape index (κ1) is 9.87. The fraction of sp³-hybridized carbons (Fsp3) is 0.600. The molecule has 0 amide bonds. The molecule has 2 aliphatic rings. The first-order valence-corrected chi connectivity index (χ1v) is 5.56. The van der Waals surface area contributed by atoms with Gasteiger partial charge in [-0.05, 0) is 24.7 Å². The van der Waals surface area contributed by atoms with Crippen LogP contribution in [0, 0.1) is 0 Å². The Morgan fingerprint density at radius 3 is 2.00 bits per heavy atom. The van der Waals surface area contributed by atoms with Gasteiger partial charge in [0.2, 0.25) is 0 Å². The molecule has 0 aliphatic carbocycles. The van der Waals surface area contributed by atoms with Crippen molar-refractivity contribution >= 4 is 11.8 Å². The number of hydrogen-bond acceptors (Lipinski definition) is 2. The molecule has 0 saturated carbocycles. The average molecular weight is 184 g/mol. The molecule has 12 heavy (non-hydrogen) atoms. The van der Waals surface area contributed by atoms with E-state index < -0.39 is 0 Å². The quantitative estimate of drug-likeness (QED) is 0.572. The van der Waals surface area contributed by atoms with Crippen LogP contribution in [0.3, 0.4) is 0 Å². The highest BCUT2D eigenvalue weighted by molar-refractivity contribution is 8.02. The summed E-state index contributed by atoms with van der Waals surface area (Å²) in [6.07, 6.45) is 10.2. The normalized spacial score (nSPS) is 21.3. The summed E-state index contributed by atoms with van der Waals surface area (Å²) in [7, 11) is 0. The largest absolute Gasteiger partial charge is 0.381 e. The van der Waals surface area contributed by atoms with Crippen molar-refractivity contribution in [3.8, 4) is 0 Å². The molecule has 0 aromatic heterocycles. The van der Waals surface area contributed by atoms with Crippen molar-refractivity contribution in [1.82, 2.24) is 0 Å². The van der Waals surface area contributed by atoms with Crippen LogP contribution < -0.4 is 0 Å². The predicted molar refractivity (Wildman–Crippen MR) is 55.4 cm³/mol. The van der Waals surface area contributed by atoms with Gasteiger partial charge in [0.05, 0.1) is 0 Å². The van der Waals surface area contributed by atoms with Crippen molar-refractivity contribution in [1.29, 1.82) is 0 Å². The fourth-order valence-corrected chi connectivity index (χ4v) is 1.57. The maximum atomic E-state index is 5.07. The molecule has 0 aromatic rings. The summed E-state index contributed by atoms with van der Waals surface area (Å²) in [5.41, 5.74) is 0. The Bertz CT molecular complexity index is 124. The van der Waals surface area contributed by atoms with E-state index in [1.165, 1.54) is 19.3 Å². The number of ether oxygens (including phenoxy) is 1. The van der Waals surface area contributed by atoms with Crippen LogP contribution in [-0.2, 0) is 4.74 Å². The lowest BCUT2D eigenvalue weighted by atomic mass is 10.2. The lowest BCUT2D eigenvalue weighted by molar-refractivity contribution is 0.0968. The van der Waals surface area contributed by atoms with Gasteiger partial charge in [0.15, 0.2) is 0 Å². The molecule has 0 unspecified atom stereocenters. The molecule has 68 valence electrons. The van der Waals surface area contributed by atoms with Crippen molar-refractivity contribution in [2.24, 2.45) is 0 Å². The molecule has 0 radical (unpaired) electrons. The van der Waals surface area contributed by atoms with E-state index in [1.807, 2.05) is 17.8 Å². The Morgan fingerprint density at radius 1 is 1.00 bits per heavy atom. The topological polar surface area (TPSA) is 9.23 Å². The summed E-state index contributed by atoms with van der Waals surface area (Å²) in [4.78, 5) is 0. The van der Waals surface area contributed by atoms with Gasteiger partial charge in [-0.3, -0.25) is 0 Å². The second kappa shape index (κ2) is 7.44. The van der Waals surface area contributed by atoms with Crippen molar-refractivity contribution in [2.75, 3.05) is 19.0 Å². The van der Waals surface area contributed by atoms with E-state index in [9.17, 15) is 0 Å². The fourth-order valence-electron chi connectivity index (χ4n) is 1.03. The highest BCUT2D eigenvalue weighted by atomic mass is 32.2. The van der Waals surface area contributed by atoms with Crippen molar-refractivity contribution in [2.45, 2.75) is 19.3 Å². The van der Waals surface area contributed by atoms with Gasteiger partial charge in [-0.1, -0.05) is 18.2 Å². The Hall–Kier alpha value is -0.210. The third kappa shape index (κ3) is 5.44. The Labute approximate surface area is 78.9 Å². The maximum Gasteiger partial charge on any atom is 0.0466 e. The van der Waals surface area contributed by atoms with E-state index in [0.29, 0.717) is 0 Å². The number of hydrogen-bond donors (Lipinski definition) is 0. The van der Waals surface area contributed by atoms with Crippen LogP contribution in [0.25, 0.3) is 0 Å². The third-order valence-electron chi connectivity index (χ3n) is 1.69. The van der Waals surface area contributed by atoms with E-state index >= 15 is 0 Å². The van der Waals surface area contributed by atoms with E-state index in [0.717, 1.165) is 19.0 Å². The van der Waals surface area contributed by atoms with Gasteiger partial charge in [0, 0.05) is 19.0 Å². The molecule has 0 bridgehead atoms. The molecular weight excluding hydrogens is 168 g/mol. The Morgan fingerprint density at radius 2 is 1.83 bits per heavy atom. The van der Waals surface area contributed by atoms with Crippen molar-refractivity contribution in [3.63, 3.8) is 0 Å². The minimum Gasteiger partial charge on any atom is -0.381 e. The highest BCUT2D eigenvalue weighted by Crippen LogP contribution is 2.05. The van der Waals surface area contributed by atoms with Crippen molar-refractivity contribution < 1.29 is 4.74 Å². The van der Waals surface area contributed by atoms with Gasteiger partial charge in [-0.15, -0.1) is 11.8 Å². The lowest BCUT2D eigenvalue weighted by Gasteiger charge is -2.08. The summed E-state index contributed by atoms with van der Waals surface area (Å²) in [6.45, 7) is 2.00. The van der Waals surface area contributed by atoms with Gasteiger partial charge in [0.25, 0.3) is 0 Å². The number of allylic oxidation sites excluding steroid dienone is 2. The van der Waals surface area contributed by atoms with Crippen LogP contribution in [0.4, 0.5) is 0 Å². The molecule has 2 heterocycles. The van der Waals surface area contributed by atoms with E-state index in [4.69, 9.17) is 4.74 Å². The molecule has 0 N–H and O–H groups in total. The molecule has 2 heteroatoms. The number of thioether (sulfide) groups is 1. The molecule has 2 rings (SSSR count). The van der Waals surface area contributed by atoms with Crippen LogP contribution in [-0.4, -0.2) is 19.0 Å². The second-order valence-corrected chi connectivity index (χ2v) is 3.70. The van der Waals surface area contributed by atoms with Crippen LogP contribution in [0.2, 0.25) is 0 Å². The van der Waals surface area contributed by atoms with Gasteiger partial charge >= 0.3 is 0 Å². The summed E-state index contributed by atoms with van der Waals surface area (Å²) < 4.78 is 5.07. The Kier molecular flexibility index (Phi) is 6.12. The summed E-state index contributed by atoms with van der Waals surface area (Å²) >= 11 is 1.83. The monoisotopic (exact) mass is 184 g/mol. The van der Waals surface area contributed by atoms with E-state index in [-0.39, 0.29) is 0 Å². The smallest absolute Gasteiger partial charge is 0.0466 e. The number of rotatable bonds is 0. The van der Waals surface area contributed by atoms with Crippen LogP contribution in [0.5, 0.6) is 0 Å². The van der Waals surface area contributed by atoms with Crippen LogP contribution in [0.15, 0.2) is 23.6 Å². The van der Waals surface area contributed by atoms with Crippen molar-refractivity contribution in [3.05, 3.63) is 23.6 Å². The molecule has 0 aromatic carbocycles. The van der Waals surface area contributed by atoms with E-state index in [1.54, 1.807) is 0 Å². The van der Waals surface area contributed by atoms with E-state index in [2.05, 4.69) is 17.6 Å². The SMILES string of the molecule is C1=CCSC=C1.C1CCOCC1. The van der Waals surface area contributed by atoms with Gasteiger partial charge in [-0.25, -0.2) is 0 Å². The highest BCUT2D eigenvalue weighted by Gasteiger charge is 1.95. The van der Waals surface area contributed by atoms with Gasteiger partial charge in [0.1, 0.15) is 0 Å². The van der Waals surface area contributed by atoms with Gasteiger partial charge < -0.3 is 4.74 Å². The standard InChI is InChI=1S/C5H10O.C5H6S/c2*1-2-4-6-5-3-1/h1-5H2;1-4H,5H2. The van der Waals surface area contributed by atoms with Crippen LogP contribution >= 0.6 is 11.8 Å². The van der Waals surface area contributed by atoms with Crippen LogP contribution in [0.1, 0.15) is 19.3 Å². The first-order chi connectivity index (χ1) is 6.00.